The van der Waals surface area contributed by atoms with Crippen LogP contribution in [0.15, 0.2) is 42.6 Å². The summed E-state index contributed by atoms with van der Waals surface area (Å²) in [6, 6.07) is 10.6. The number of hydrogen-bond acceptors (Lipinski definition) is 3. The van der Waals surface area contributed by atoms with Crippen molar-refractivity contribution in [3.63, 3.8) is 0 Å². The average Bonchev–Trinajstić information content (AvgIpc) is 2.47. The first-order chi connectivity index (χ1) is 10.0. The van der Waals surface area contributed by atoms with Crippen LogP contribution >= 0.6 is 23.2 Å². The molecule has 1 saturated carbocycles. The number of rotatable bonds is 3. The number of carbonyl (C=O) groups excluding carboxylic acids is 1. The van der Waals surface area contributed by atoms with E-state index in [-0.39, 0.29) is 18.6 Å². The molecule has 3 rings (SSSR count). The maximum absolute atomic E-state index is 11.6. The number of halogens is 2. The molecule has 1 atom stereocenters. The molecule has 0 spiro atoms. The second kappa shape index (κ2) is 5.41. The SMILES string of the molecule is O=C1CC(c2ccc(Cl)c(Cl)c2)([C@H](O)c2ccccn2)C1. The normalized spacial score (nSPS) is 18.1. The first-order valence-corrected chi connectivity index (χ1v) is 7.35. The Balaban J connectivity index is 2.04. The van der Waals surface area contributed by atoms with Gasteiger partial charge in [0.1, 0.15) is 11.9 Å². The predicted molar refractivity (Wildman–Crippen MR) is 81.6 cm³/mol. The van der Waals surface area contributed by atoms with E-state index in [0.717, 1.165) is 5.56 Å². The zero-order valence-corrected chi connectivity index (χ0v) is 12.6. The summed E-state index contributed by atoms with van der Waals surface area (Å²) in [5, 5.41) is 11.6. The highest BCUT2D eigenvalue weighted by molar-refractivity contribution is 6.42. The summed E-state index contributed by atoms with van der Waals surface area (Å²) in [6.45, 7) is 0. The fourth-order valence-corrected chi connectivity index (χ4v) is 3.13. The van der Waals surface area contributed by atoms with E-state index in [2.05, 4.69) is 4.98 Å². The highest BCUT2D eigenvalue weighted by Crippen LogP contribution is 2.50. The molecule has 3 nitrogen and oxygen atoms in total. The first kappa shape index (κ1) is 14.5. The van der Waals surface area contributed by atoms with Crippen LogP contribution in [0.2, 0.25) is 10.0 Å². The Morgan fingerprint density at radius 3 is 2.48 bits per heavy atom. The molecule has 1 aromatic heterocycles. The van der Waals surface area contributed by atoms with E-state index in [1.54, 1.807) is 30.5 Å². The third kappa shape index (κ3) is 2.46. The molecule has 0 bridgehead atoms. The summed E-state index contributed by atoms with van der Waals surface area (Å²) in [6.07, 6.45) is 1.33. The number of ketones is 1. The van der Waals surface area contributed by atoms with Gasteiger partial charge < -0.3 is 5.11 Å². The lowest BCUT2D eigenvalue weighted by molar-refractivity contribution is -0.133. The number of hydrogen-bond donors (Lipinski definition) is 1. The van der Waals surface area contributed by atoms with Gasteiger partial charge in [-0.3, -0.25) is 9.78 Å². The number of aliphatic hydroxyl groups excluding tert-OH is 1. The van der Waals surface area contributed by atoms with Crippen LogP contribution in [0, 0.1) is 0 Å². The van der Waals surface area contributed by atoms with Gasteiger partial charge in [0, 0.05) is 24.5 Å². The van der Waals surface area contributed by atoms with Crippen molar-refractivity contribution in [2.24, 2.45) is 0 Å². The van der Waals surface area contributed by atoms with Crippen molar-refractivity contribution in [2.75, 3.05) is 0 Å². The molecule has 1 aliphatic rings. The quantitative estimate of drug-likeness (QED) is 0.937. The number of benzene rings is 1. The molecule has 0 amide bonds. The zero-order valence-electron chi connectivity index (χ0n) is 11.1. The molecule has 0 radical (unpaired) electrons. The van der Waals surface area contributed by atoms with Crippen molar-refractivity contribution in [3.05, 3.63) is 63.9 Å². The summed E-state index contributed by atoms with van der Waals surface area (Å²) in [7, 11) is 0. The van der Waals surface area contributed by atoms with E-state index in [0.29, 0.717) is 15.7 Å². The van der Waals surface area contributed by atoms with Gasteiger partial charge in [-0.25, -0.2) is 0 Å². The Bertz CT molecular complexity index is 680. The molecular formula is C16H13Cl2NO2. The second-order valence-electron chi connectivity index (χ2n) is 5.33. The molecule has 1 fully saturated rings. The van der Waals surface area contributed by atoms with Crippen LogP contribution in [0.1, 0.15) is 30.2 Å². The minimum absolute atomic E-state index is 0.121. The minimum Gasteiger partial charge on any atom is -0.386 e. The van der Waals surface area contributed by atoms with Crippen LogP contribution in [-0.2, 0) is 10.2 Å². The van der Waals surface area contributed by atoms with Crippen molar-refractivity contribution < 1.29 is 9.90 Å². The van der Waals surface area contributed by atoms with Crippen LogP contribution in [-0.4, -0.2) is 15.9 Å². The van der Waals surface area contributed by atoms with Crippen LogP contribution in [0.25, 0.3) is 0 Å². The highest BCUT2D eigenvalue weighted by Gasteiger charge is 2.51. The number of aliphatic hydroxyl groups is 1. The van der Waals surface area contributed by atoms with Gasteiger partial charge >= 0.3 is 0 Å². The Kier molecular flexibility index (Phi) is 3.74. The minimum atomic E-state index is -0.853. The van der Waals surface area contributed by atoms with E-state index in [1.807, 2.05) is 12.1 Å². The summed E-state index contributed by atoms with van der Waals surface area (Å²) < 4.78 is 0. The molecule has 21 heavy (non-hydrogen) atoms. The Morgan fingerprint density at radius 1 is 1.14 bits per heavy atom. The van der Waals surface area contributed by atoms with Gasteiger partial charge in [0.2, 0.25) is 0 Å². The maximum Gasteiger partial charge on any atom is 0.134 e. The molecular weight excluding hydrogens is 309 g/mol. The summed E-state index contributed by atoms with van der Waals surface area (Å²) >= 11 is 12.0. The van der Waals surface area contributed by atoms with Gasteiger partial charge in [-0.15, -0.1) is 0 Å². The lowest BCUT2D eigenvalue weighted by Gasteiger charge is -2.44. The van der Waals surface area contributed by atoms with Crippen molar-refractivity contribution in [3.8, 4) is 0 Å². The van der Waals surface area contributed by atoms with Gasteiger partial charge in [-0.1, -0.05) is 35.3 Å². The number of aromatic nitrogens is 1. The topological polar surface area (TPSA) is 50.2 Å². The predicted octanol–water partition coefficient (Wildman–Crippen LogP) is 3.72. The van der Waals surface area contributed by atoms with Crippen LogP contribution < -0.4 is 0 Å². The smallest absolute Gasteiger partial charge is 0.134 e. The van der Waals surface area contributed by atoms with Crippen molar-refractivity contribution in [2.45, 2.75) is 24.4 Å². The standard InChI is InChI=1S/C16H13Cl2NO2/c17-12-5-4-10(7-13(12)18)16(8-11(20)9-16)15(21)14-3-1-2-6-19-14/h1-7,15,21H,8-9H2/t15-/m1/s1. The van der Waals surface area contributed by atoms with Crippen molar-refractivity contribution >= 4 is 29.0 Å². The Labute approximate surface area is 132 Å². The first-order valence-electron chi connectivity index (χ1n) is 6.59. The molecule has 0 aliphatic heterocycles. The lowest BCUT2D eigenvalue weighted by Crippen LogP contribution is -2.46. The van der Waals surface area contributed by atoms with Crippen molar-refractivity contribution in [1.29, 1.82) is 0 Å². The van der Waals surface area contributed by atoms with Gasteiger partial charge in [-0.2, -0.15) is 0 Å². The number of nitrogens with zero attached hydrogens (tertiary/aromatic N) is 1. The fraction of sp³-hybridized carbons (Fsp3) is 0.250. The van der Waals surface area contributed by atoms with Gasteiger partial charge in [0.05, 0.1) is 15.7 Å². The van der Waals surface area contributed by atoms with E-state index in [9.17, 15) is 9.90 Å². The van der Waals surface area contributed by atoms with E-state index in [1.165, 1.54) is 0 Å². The van der Waals surface area contributed by atoms with Gasteiger partial charge in [-0.05, 0) is 29.8 Å². The summed E-state index contributed by atoms with van der Waals surface area (Å²) in [4.78, 5) is 15.8. The fourth-order valence-electron chi connectivity index (χ4n) is 2.83. The molecule has 1 heterocycles. The Hall–Kier alpha value is -1.42. The molecule has 5 heteroatoms. The Morgan fingerprint density at radius 2 is 1.90 bits per heavy atom. The third-order valence-electron chi connectivity index (χ3n) is 4.01. The lowest BCUT2D eigenvalue weighted by atomic mass is 9.59. The maximum atomic E-state index is 11.6. The number of pyridine rings is 1. The van der Waals surface area contributed by atoms with Crippen LogP contribution in [0.4, 0.5) is 0 Å². The van der Waals surface area contributed by atoms with Crippen molar-refractivity contribution in [1.82, 2.24) is 4.98 Å². The van der Waals surface area contributed by atoms with E-state index in [4.69, 9.17) is 23.2 Å². The molecule has 2 aromatic rings. The molecule has 1 aliphatic carbocycles. The molecule has 0 saturated heterocycles. The zero-order chi connectivity index (χ0) is 15.0. The van der Waals surface area contributed by atoms with Crippen LogP contribution in [0.3, 0.4) is 0 Å². The van der Waals surface area contributed by atoms with Gasteiger partial charge in [0.15, 0.2) is 0 Å². The van der Waals surface area contributed by atoms with E-state index < -0.39 is 11.5 Å². The second-order valence-corrected chi connectivity index (χ2v) is 6.15. The number of Topliss-reactive ketones (excluding diaryl/α,β-unsaturated/α-hetero) is 1. The van der Waals surface area contributed by atoms with Crippen LogP contribution in [0.5, 0.6) is 0 Å². The molecule has 1 N–H and O–H groups in total. The molecule has 108 valence electrons. The monoisotopic (exact) mass is 321 g/mol. The van der Waals surface area contributed by atoms with E-state index >= 15 is 0 Å². The highest BCUT2D eigenvalue weighted by atomic mass is 35.5. The average molecular weight is 322 g/mol. The summed E-state index contributed by atoms with van der Waals surface area (Å²) in [5.74, 6) is 0.121. The number of carbonyl (C=O) groups is 1. The largest absolute Gasteiger partial charge is 0.386 e. The molecule has 0 unspecified atom stereocenters. The van der Waals surface area contributed by atoms with Gasteiger partial charge in [0.25, 0.3) is 0 Å². The third-order valence-corrected chi connectivity index (χ3v) is 4.75. The summed E-state index contributed by atoms with van der Waals surface area (Å²) in [5.41, 5.74) is 0.699. The molecule has 1 aromatic carbocycles.